The van der Waals surface area contributed by atoms with Gasteiger partial charge in [0.15, 0.2) is 0 Å². The summed E-state index contributed by atoms with van der Waals surface area (Å²) in [6.07, 6.45) is 0. The van der Waals surface area contributed by atoms with E-state index in [1.165, 1.54) is 33.5 Å². The van der Waals surface area contributed by atoms with E-state index in [1.807, 2.05) is 0 Å². The van der Waals surface area contributed by atoms with Crippen molar-refractivity contribution in [3.05, 3.63) is 59.8 Å². The van der Waals surface area contributed by atoms with E-state index in [0.29, 0.717) is 12.0 Å². The van der Waals surface area contributed by atoms with E-state index < -0.39 is 0 Å². The minimum Gasteiger partial charge on any atom is -0.375 e. The summed E-state index contributed by atoms with van der Waals surface area (Å²) in [5.74, 6) is 0.542. The number of rotatable bonds is 1. The maximum absolute atomic E-state index is 3.73. The zero-order chi connectivity index (χ0) is 14.6. The monoisotopic (exact) mass is 276 g/mol. The first-order chi connectivity index (χ1) is 10.2. The van der Waals surface area contributed by atoms with E-state index in [4.69, 9.17) is 0 Å². The first-order valence-electron chi connectivity index (χ1n) is 7.64. The fraction of sp³-hybridized carbons (Fsp3) is 0.263. The van der Waals surface area contributed by atoms with Crippen LogP contribution in [0.1, 0.15) is 31.1 Å². The summed E-state index contributed by atoms with van der Waals surface area (Å²) < 4.78 is 2.45. The van der Waals surface area contributed by atoms with Crippen molar-refractivity contribution in [3.8, 4) is 5.69 Å². The Bertz CT molecular complexity index is 827. The van der Waals surface area contributed by atoms with Gasteiger partial charge in [0, 0.05) is 11.1 Å². The predicted molar refractivity (Wildman–Crippen MR) is 89.2 cm³/mol. The molecule has 1 aromatic heterocycles. The van der Waals surface area contributed by atoms with Crippen LogP contribution in [0, 0.1) is 12.8 Å². The zero-order valence-electron chi connectivity index (χ0n) is 12.7. The molecule has 0 fully saturated rings. The van der Waals surface area contributed by atoms with Crippen LogP contribution in [-0.4, -0.2) is 4.57 Å². The number of para-hydroxylation sites is 3. The lowest BCUT2D eigenvalue weighted by Gasteiger charge is -2.32. The van der Waals surface area contributed by atoms with Gasteiger partial charge in [-0.1, -0.05) is 44.2 Å². The number of hydrogen-bond acceptors (Lipinski definition) is 1. The average Bonchev–Trinajstić information content (AvgIpc) is 2.81. The smallest absolute Gasteiger partial charge is 0.0695 e. The van der Waals surface area contributed by atoms with Crippen LogP contribution in [0.25, 0.3) is 16.6 Å². The highest BCUT2D eigenvalue weighted by Gasteiger charge is 2.30. The lowest BCUT2D eigenvalue weighted by atomic mass is 9.95. The number of aryl methyl sites for hydroxylation is 1. The molecular weight excluding hydrogens is 256 g/mol. The Morgan fingerprint density at radius 2 is 1.71 bits per heavy atom. The molecule has 2 heterocycles. The SMILES string of the molecule is Cc1c2n(c3ccccc13)-c1ccccc1NC2C(C)C. The lowest BCUT2D eigenvalue weighted by Crippen LogP contribution is -2.25. The van der Waals surface area contributed by atoms with E-state index in [2.05, 4.69) is 79.2 Å². The third kappa shape index (κ3) is 1.65. The van der Waals surface area contributed by atoms with Gasteiger partial charge in [0.25, 0.3) is 0 Å². The average molecular weight is 276 g/mol. The molecule has 0 saturated carbocycles. The molecule has 2 heteroatoms. The number of nitrogens with one attached hydrogen (secondary N) is 1. The molecule has 0 bridgehead atoms. The molecule has 1 atom stereocenters. The summed E-state index contributed by atoms with van der Waals surface area (Å²) in [4.78, 5) is 0. The van der Waals surface area contributed by atoms with Crippen molar-refractivity contribution in [2.24, 2.45) is 5.92 Å². The van der Waals surface area contributed by atoms with Gasteiger partial charge in [0.05, 0.1) is 22.9 Å². The van der Waals surface area contributed by atoms with E-state index in [0.717, 1.165) is 0 Å². The fourth-order valence-corrected chi connectivity index (χ4v) is 3.56. The molecule has 0 spiro atoms. The molecule has 0 aliphatic carbocycles. The maximum atomic E-state index is 3.73. The first-order valence-corrected chi connectivity index (χ1v) is 7.64. The number of fused-ring (bicyclic) bond motifs is 5. The van der Waals surface area contributed by atoms with E-state index in [9.17, 15) is 0 Å². The van der Waals surface area contributed by atoms with Gasteiger partial charge < -0.3 is 9.88 Å². The van der Waals surface area contributed by atoms with Gasteiger partial charge in [0.2, 0.25) is 0 Å². The van der Waals surface area contributed by atoms with Crippen LogP contribution in [0.15, 0.2) is 48.5 Å². The molecule has 1 aliphatic rings. The van der Waals surface area contributed by atoms with Crippen LogP contribution < -0.4 is 5.32 Å². The van der Waals surface area contributed by atoms with Gasteiger partial charge in [-0.05, 0) is 36.6 Å². The first kappa shape index (κ1) is 12.5. The second kappa shape index (κ2) is 4.39. The van der Waals surface area contributed by atoms with Crippen LogP contribution >= 0.6 is 0 Å². The van der Waals surface area contributed by atoms with Gasteiger partial charge >= 0.3 is 0 Å². The molecule has 1 N–H and O–H groups in total. The van der Waals surface area contributed by atoms with Crippen molar-refractivity contribution in [1.82, 2.24) is 4.57 Å². The number of nitrogens with zero attached hydrogens (tertiary/aromatic N) is 1. The standard InChI is InChI=1S/C19H20N2/c1-12(2)18-19-13(3)14-8-4-6-10-16(14)21(19)17-11-7-5-9-15(17)20-18/h4-12,18,20H,1-3H3. The molecule has 3 aromatic rings. The Hall–Kier alpha value is -2.22. The van der Waals surface area contributed by atoms with E-state index in [-0.39, 0.29) is 0 Å². The van der Waals surface area contributed by atoms with Crippen LogP contribution in [0.4, 0.5) is 5.69 Å². The molecule has 1 unspecified atom stereocenters. The van der Waals surface area contributed by atoms with Crippen molar-refractivity contribution in [2.45, 2.75) is 26.8 Å². The highest BCUT2D eigenvalue weighted by atomic mass is 15.1. The van der Waals surface area contributed by atoms with Gasteiger partial charge in [0.1, 0.15) is 0 Å². The number of aromatic nitrogens is 1. The summed E-state index contributed by atoms with van der Waals surface area (Å²) in [7, 11) is 0. The largest absolute Gasteiger partial charge is 0.375 e. The van der Waals surface area contributed by atoms with Gasteiger partial charge in [-0.25, -0.2) is 0 Å². The molecule has 4 rings (SSSR count). The Morgan fingerprint density at radius 3 is 2.52 bits per heavy atom. The minimum absolute atomic E-state index is 0.354. The Balaban J connectivity index is 2.14. The maximum Gasteiger partial charge on any atom is 0.0695 e. The molecule has 21 heavy (non-hydrogen) atoms. The molecule has 106 valence electrons. The Kier molecular flexibility index (Phi) is 2.61. The van der Waals surface area contributed by atoms with Crippen LogP contribution in [0.2, 0.25) is 0 Å². The molecule has 0 saturated heterocycles. The molecule has 1 aliphatic heterocycles. The van der Waals surface area contributed by atoms with Gasteiger partial charge in [-0.3, -0.25) is 0 Å². The third-order valence-corrected chi connectivity index (χ3v) is 4.59. The van der Waals surface area contributed by atoms with Gasteiger partial charge in [-0.15, -0.1) is 0 Å². The normalized spacial score (nSPS) is 16.7. The summed E-state index contributed by atoms with van der Waals surface area (Å²) >= 11 is 0. The van der Waals surface area contributed by atoms with Crippen LogP contribution in [0.3, 0.4) is 0 Å². The minimum atomic E-state index is 0.354. The molecule has 0 amide bonds. The summed E-state index contributed by atoms with van der Waals surface area (Å²) in [5.41, 5.74) is 6.60. The molecule has 2 nitrogen and oxygen atoms in total. The zero-order valence-corrected chi connectivity index (χ0v) is 12.7. The highest BCUT2D eigenvalue weighted by molar-refractivity contribution is 5.89. The van der Waals surface area contributed by atoms with Crippen LogP contribution in [0.5, 0.6) is 0 Å². The van der Waals surface area contributed by atoms with Crippen molar-refractivity contribution in [2.75, 3.05) is 5.32 Å². The Morgan fingerprint density at radius 1 is 1.00 bits per heavy atom. The number of hydrogen-bond donors (Lipinski definition) is 1. The highest BCUT2D eigenvalue weighted by Crippen LogP contribution is 2.42. The third-order valence-electron chi connectivity index (χ3n) is 4.59. The van der Waals surface area contributed by atoms with Gasteiger partial charge in [-0.2, -0.15) is 0 Å². The summed E-state index contributed by atoms with van der Waals surface area (Å²) in [6, 6.07) is 17.7. The lowest BCUT2D eigenvalue weighted by molar-refractivity contribution is 0.520. The second-order valence-corrected chi connectivity index (χ2v) is 6.25. The second-order valence-electron chi connectivity index (χ2n) is 6.25. The van der Waals surface area contributed by atoms with Crippen molar-refractivity contribution < 1.29 is 0 Å². The summed E-state index contributed by atoms with van der Waals surface area (Å²) in [5, 5.41) is 5.09. The fourth-order valence-electron chi connectivity index (χ4n) is 3.56. The Labute approximate surface area is 125 Å². The summed E-state index contributed by atoms with van der Waals surface area (Å²) in [6.45, 7) is 6.82. The molecular formula is C19H20N2. The van der Waals surface area contributed by atoms with Crippen molar-refractivity contribution >= 4 is 16.6 Å². The topological polar surface area (TPSA) is 17.0 Å². The van der Waals surface area contributed by atoms with Crippen molar-refractivity contribution in [3.63, 3.8) is 0 Å². The van der Waals surface area contributed by atoms with Crippen LogP contribution in [-0.2, 0) is 0 Å². The van der Waals surface area contributed by atoms with Crippen molar-refractivity contribution in [1.29, 1.82) is 0 Å². The quantitative estimate of drug-likeness (QED) is 0.657. The predicted octanol–water partition coefficient (Wildman–Crippen LogP) is 5.06. The van der Waals surface area contributed by atoms with E-state index in [1.54, 1.807) is 0 Å². The molecule has 0 radical (unpaired) electrons. The number of benzene rings is 2. The van der Waals surface area contributed by atoms with E-state index >= 15 is 0 Å². The molecule has 2 aromatic carbocycles. The number of anilines is 1.